The lowest BCUT2D eigenvalue weighted by molar-refractivity contribution is -0.0507. The highest BCUT2D eigenvalue weighted by Crippen LogP contribution is 2.28. The maximum atomic E-state index is 12.2. The number of hydrogen-bond donors (Lipinski definition) is 0. The smallest absolute Gasteiger partial charge is 0.387 e. The topological polar surface area (TPSA) is 26.3 Å². The molecule has 4 heteroatoms. The molecule has 0 bridgehead atoms. The molecule has 0 heterocycles. The van der Waals surface area contributed by atoms with Crippen molar-refractivity contribution in [2.45, 2.75) is 33.8 Å². The molecule has 0 atom stereocenters. The number of hydrogen-bond acceptors (Lipinski definition) is 2. The summed E-state index contributed by atoms with van der Waals surface area (Å²) in [4.78, 5) is 11.3. The second-order valence-electron chi connectivity index (χ2n) is 3.59. The summed E-state index contributed by atoms with van der Waals surface area (Å²) in [5.74, 6) is -0.260. The Balaban J connectivity index is 3.33. The summed E-state index contributed by atoms with van der Waals surface area (Å²) in [5.41, 5.74) is 1.71. The fraction of sp³-hybridized carbons (Fsp3) is 0.417. The molecule has 0 amide bonds. The van der Waals surface area contributed by atoms with E-state index in [1.54, 1.807) is 12.1 Å². The van der Waals surface area contributed by atoms with Gasteiger partial charge < -0.3 is 4.74 Å². The van der Waals surface area contributed by atoms with Crippen molar-refractivity contribution in [3.63, 3.8) is 0 Å². The van der Waals surface area contributed by atoms with Crippen LogP contribution in [0.25, 0.3) is 0 Å². The molecule has 0 fully saturated rings. The van der Waals surface area contributed by atoms with Gasteiger partial charge in [-0.1, -0.05) is 13.0 Å². The van der Waals surface area contributed by atoms with Gasteiger partial charge in [0.1, 0.15) is 5.75 Å². The second kappa shape index (κ2) is 5.05. The highest BCUT2D eigenvalue weighted by Gasteiger charge is 2.17. The van der Waals surface area contributed by atoms with Gasteiger partial charge in [-0.3, -0.25) is 4.79 Å². The number of benzene rings is 1. The Kier molecular flexibility index (Phi) is 3.99. The first-order valence-corrected chi connectivity index (χ1v) is 5.05. The number of halogens is 2. The van der Waals surface area contributed by atoms with Crippen LogP contribution >= 0.6 is 0 Å². The van der Waals surface area contributed by atoms with Crippen molar-refractivity contribution in [2.75, 3.05) is 0 Å². The highest BCUT2D eigenvalue weighted by molar-refractivity contribution is 5.97. The third-order valence-corrected chi connectivity index (χ3v) is 2.28. The number of carbonyl (C=O) groups excluding carboxylic acids is 1. The largest absolute Gasteiger partial charge is 0.434 e. The van der Waals surface area contributed by atoms with E-state index in [0.29, 0.717) is 12.0 Å². The van der Waals surface area contributed by atoms with Crippen LogP contribution in [0.5, 0.6) is 5.75 Å². The molecule has 16 heavy (non-hydrogen) atoms. The molecular weight excluding hydrogens is 214 g/mol. The van der Waals surface area contributed by atoms with Gasteiger partial charge in [0.25, 0.3) is 0 Å². The summed E-state index contributed by atoms with van der Waals surface area (Å²) in [6, 6.07) is 3.32. The minimum absolute atomic E-state index is 0.00981. The lowest BCUT2D eigenvalue weighted by Crippen LogP contribution is -2.09. The van der Waals surface area contributed by atoms with Gasteiger partial charge in [0.05, 0.1) is 5.56 Å². The monoisotopic (exact) mass is 228 g/mol. The molecule has 0 spiro atoms. The van der Waals surface area contributed by atoms with E-state index in [1.807, 2.05) is 13.8 Å². The summed E-state index contributed by atoms with van der Waals surface area (Å²) in [5, 5.41) is 0. The Morgan fingerprint density at radius 3 is 2.50 bits per heavy atom. The van der Waals surface area contributed by atoms with Gasteiger partial charge in [0.15, 0.2) is 5.78 Å². The van der Waals surface area contributed by atoms with Gasteiger partial charge in [-0.15, -0.1) is 0 Å². The first-order valence-electron chi connectivity index (χ1n) is 5.05. The van der Waals surface area contributed by atoms with Gasteiger partial charge in [-0.25, -0.2) is 0 Å². The molecular formula is C12H14F2O2. The summed E-state index contributed by atoms with van der Waals surface area (Å²) in [6.45, 7) is 2.08. The normalized spacial score (nSPS) is 10.6. The van der Waals surface area contributed by atoms with E-state index in [0.717, 1.165) is 5.56 Å². The number of aryl methyl sites for hydroxylation is 2. The van der Waals surface area contributed by atoms with Crippen molar-refractivity contribution in [2.24, 2.45) is 0 Å². The number of Topliss-reactive ketones (excluding diaryl/α,β-unsaturated/α-hetero) is 1. The van der Waals surface area contributed by atoms with Gasteiger partial charge in [-0.2, -0.15) is 8.78 Å². The summed E-state index contributed by atoms with van der Waals surface area (Å²) in [7, 11) is 0. The number of ketones is 1. The van der Waals surface area contributed by atoms with Crippen LogP contribution in [-0.2, 0) is 6.42 Å². The summed E-state index contributed by atoms with van der Waals surface area (Å²) in [6.07, 6.45) is 0.546. The Morgan fingerprint density at radius 1 is 1.44 bits per heavy atom. The van der Waals surface area contributed by atoms with E-state index in [2.05, 4.69) is 4.74 Å². The van der Waals surface area contributed by atoms with Crippen LogP contribution in [0.2, 0.25) is 0 Å². The lowest BCUT2D eigenvalue weighted by Gasteiger charge is -2.14. The van der Waals surface area contributed by atoms with Crippen molar-refractivity contribution >= 4 is 5.78 Å². The quantitative estimate of drug-likeness (QED) is 0.738. The van der Waals surface area contributed by atoms with Crippen molar-refractivity contribution in [3.05, 3.63) is 28.8 Å². The third-order valence-electron chi connectivity index (χ3n) is 2.28. The fourth-order valence-corrected chi connectivity index (χ4v) is 1.60. The number of carbonyl (C=O) groups is 1. The van der Waals surface area contributed by atoms with Crippen LogP contribution in [0.3, 0.4) is 0 Å². The van der Waals surface area contributed by atoms with Gasteiger partial charge in [0, 0.05) is 0 Å². The molecule has 0 saturated heterocycles. The molecule has 0 aromatic heterocycles. The van der Waals surface area contributed by atoms with E-state index >= 15 is 0 Å². The highest BCUT2D eigenvalue weighted by atomic mass is 19.3. The average molecular weight is 228 g/mol. The van der Waals surface area contributed by atoms with Crippen LogP contribution in [0.1, 0.15) is 35.3 Å². The fourth-order valence-electron chi connectivity index (χ4n) is 1.60. The van der Waals surface area contributed by atoms with Crippen LogP contribution in [0, 0.1) is 6.92 Å². The zero-order chi connectivity index (χ0) is 12.3. The van der Waals surface area contributed by atoms with Crippen LogP contribution in [0.4, 0.5) is 8.78 Å². The molecule has 1 aromatic carbocycles. The third kappa shape index (κ3) is 2.78. The van der Waals surface area contributed by atoms with Crippen molar-refractivity contribution in [3.8, 4) is 5.75 Å². The Morgan fingerprint density at radius 2 is 2.06 bits per heavy atom. The Hall–Kier alpha value is -1.45. The minimum atomic E-state index is -2.91. The molecule has 2 nitrogen and oxygen atoms in total. The van der Waals surface area contributed by atoms with Crippen molar-refractivity contribution < 1.29 is 18.3 Å². The molecule has 0 unspecified atom stereocenters. The predicted molar refractivity (Wildman–Crippen MR) is 57.2 cm³/mol. The lowest BCUT2D eigenvalue weighted by atomic mass is 10.0. The molecule has 0 aliphatic heterocycles. The van der Waals surface area contributed by atoms with Gasteiger partial charge >= 0.3 is 6.61 Å². The summed E-state index contributed by atoms with van der Waals surface area (Å²) < 4.78 is 28.9. The predicted octanol–water partition coefficient (Wildman–Crippen LogP) is 3.36. The molecule has 0 N–H and O–H groups in total. The van der Waals surface area contributed by atoms with Crippen molar-refractivity contribution in [1.29, 1.82) is 0 Å². The number of ether oxygens (including phenoxy) is 1. The van der Waals surface area contributed by atoms with Gasteiger partial charge in [0.2, 0.25) is 0 Å². The molecule has 0 aliphatic rings. The maximum Gasteiger partial charge on any atom is 0.387 e. The molecule has 0 radical (unpaired) electrons. The average Bonchev–Trinajstić information content (AvgIpc) is 2.19. The van der Waals surface area contributed by atoms with E-state index in [-0.39, 0.29) is 17.1 Å². The first-order chi connectivity index (χ1) is 7.45. The zero-order valence-electron chi connectivity index (χ0n) is 9.51. The SMILES string of the molecule is CCc1cc(C)cc(C(C)=O)c1OC(F)F. The molecule has 88 valence electrons. The second-order valence-corrected chi connectivity index (χ2v) is 3.59. The standard InChI is InChI=1S/C12H14F2O2/c1-4-9-5-7(2)6-10(8(3)15)11(9)16-12(13)14/h5-6,12H,4H2,1-3H3. The van der Waals surface area contributed by atoms with E-state index in [9.17, 15) is 13.6 Å². The van der Waals surface area contributed by atoms with Crippen LogP contribution < -0.4 is 4.74 Å². The zero-order valence-corrected chi connectivity index (χ0v) is 9.51. The van der Waals surface area contributed by atoms with E-state index in [1.165, 1.54) is 6.92 Å². The minimum Gasteiger partial charge on any atom is -0.434 e. The first kappa shape index (κ1) is 12.6. The Bertz CT molecular complexity index is 400. The molecule has 0 aliphatic carbocycles. The van der Waals surface area contributed by atoms with Gasteiger partial charge in [-0.05, 0) is 37.5 Å². The molecule has 1 rings (SSSR count). The van der Waals surface area contributed by atoms with Crippen LogP contribution in [-0.4, -0.2) is 12.4 Å². The van der Waals surface area contributed by atoms with E-state index < -0.39 is 6.61 Å². The Labute approximate surface area is 93.2 Å². The summed E-state index contributed by atoms with van der Waals surface area (Å²) >= 11 is 0. The molecule has 0 saturated carbocycles. The van der Waals surface area contributed by atoms with Crippen LogP contribution in [0.15, 0.2) is 12.1 Å². The molecule has 1 aromatic rings. The van der Waals surface area contributed by atoms with E-state index in [4.69, 9.17) is 0 Å². The van der Waals surface area contributed by atoms with Crippen molar-refractivity contribution in [1.82, 2.24) is 0 Å². The maximum absolute atomic E-state index is 12.2. The number of alkyl halides is 2. The number of rotatable bonds is 4.